The Morgan fingerprint density at radius 2 is 2.04 bits per heavy atom. The fourth-order valence-electron chi connectivity index (χ4n) is 2.47. The van der Waals surface area contributed by atoms with Gasteiger partial charge < -0.3 is 10.4 Å². The van der Waals surface area contributed by atoms with E-state index in [2.05, 4.69) is 15.3 Å². The molecule has 2 N–H and O–H groups in total. The van der Waals surface area contributed by atoms with Gasteiger partial charge in [0.2, 0.25) is 5.91 Å². The van der Waals surface area contributed by atoms with Crippen LogP contribution < -0.4 is 5.32 Å². The minimum atomic E-state index is -0.481. The van der Waals surface area contributed by atoms with Gasteiger partial charge in [-0.15, -0.1) is 11.3 Å². The molecule has 7 heteroatoms. The van der Waals surface area contributed by atoms with E-state index in [4.69, 9.17) is 0 Å². The molecule has 0 radical (unpaired) electrons. The van der Waals surface area contributed by atoms with Crippen LogP contribution in [-0.2, 0) is 11.2 Å². The summed E-state index contributed by atoms with van der Waals surface area (Å²) in [6, 6.07) is 9.67. The van der Waals surface area contributed by atoms with Crippen LogP contribution in [0, 0.1) is 6.92 Å². The number of aliphatic hydroxyl groups excluding tert-OH is 1. The van der Waals surface area contributed by atoms with Gasteiger partial charge in [0.05, 0.1) is 27.4 Å². The number of hydrogen-bond donors (Lipinski definition) is 2. The van der Waals surface area contributed by atoms with Crippen LogP contribution in [0.2, 0.25) is 0 Å². The van der Waals surface area contributed by atoms with Crippen LogP contribution in [0.4, 0.5) is 5.13 Å². The fraction of sp³-hybridized carbons (Fsp3) is 0.278. The first kappa shape index (κ1) is 17.7. The zero-order valence-electron chi connectivity index (χ0n) is 14.0. The maximum absolute atomic E-state index is 11.2. The molecular weight excluding hydrogens is 354 g/mol. The molecule has 1 atom stereocenters. The van der Waals surface area contributed by atoms with Crippen molar-refractivity contribution < 1.29 is 9.90 Å². The summed E-state index contributed by atoms with van der Waals surface area (Å²) in [5.41, 5.74) is 2.66. The maximum atomic E-state index is 11.2. The highest BCUT2D eigenvalue weighted by molar-refractivity contribution is 7.19. The second-order valence-corrected chi connectivity index (χ2v) is 7.65. The van der Waals surface area contributed by atoms with Crippen molar-refractivity contribution in [2.75, 3.05) is 5.32 Å². The van der Waals surface area contributed by atoms with Crippen LogP contribution in [-0.4, -0.2) is 21.0 Å². The summed E-state index contributed by atoms with van der Waals surface area (Å²) >= 11 is 3.01. The summed E-state index contributed by atoms with van der Waals surface area (Å²) in [5, 5.41) is 16.6. The minimum absolute atomic E-state index is 0.130. The molecule has 0 spiro atoms. The van der Waals surface area contributed by atoms with Crippen LogP contribution in [0.3, 0.4) is 0 Å². The Labute approximate surface area is 154 Å². The number of thiazole rings is 2. The summed E-state index contributed by atoms with van der Waals surface area (Å²) < 4.78 is 0. The van der Waals surface area contributed by atoms with Crippen molar-refractivity contribution in [3.8, 4) is 10.6 Å². The highest BCUT2D eigenvalue weighted by atomic mass is 32.1. The van der Waals surface area contributed by atoms with Gasteiger partial charge in [0.25, 0.3) is 0 Å². The molecule has 0 bridgehead atoms. The number of aromatic nitrogens is 2. The van der Waals surface area contributed by atoms with Crippen molar-refractivity contribution in [2.24, 2.45) is 0 Å². The summed E-state index contributed by atoms with van der Waals surface area (Å²) in [7, 11) is 0. The molecule has 0 saturated carbocycles. The third kappa shape index (κ3) is 4.50. The van der Waals surface area contributed by atoms with E-state index in [0.717, 1.165) is 33.3 Å². The first-order valence-corrected chi connectivity index (χ1v) is 9.65. The van der Waals surface area contributed by atoms with Gasteiger partial charge in [0, 0.05) is 18.7 Å². The molecule has 1 unspecified atom stereocenters. The molecule has 1 aromatic carbocycles. The topological polar surface area (TPSA) is 75.1 Å². The lowest BCUT2D eigenvalue weighted by atomic mass is 10.1. The lowest BCUT2D eigenvalue weighted by molar-refractivity contribution is -0.114. The summed E-state index contributed by atoms with van der Waals surface area (Å²) in [5.74, 6) is -0.130. The highest BCUT2D eigenvalue weighted by Gasteiger charge is 2.15. The molecule has 3 rings (SSSR count). The van der Waals surface area contributed by atoms with Crippen LogP contribution in [0.15, 0.2) is 35.7 Å². The quantitative estimate of drug-likeness (QED) is 0.679. The Morgan fingerprint density at radius 3 is 2.76 bits per heavy atom. The van der Waals surface area contributed by atoms with Crippen LogP contribution in [0.1, 0.15) is 35.7 Å². The normalized spacial score (nSPS) is 12.1. The van der Waals surface area contributed by atoms with Gasteiger partial charge >= 0.3 is 0 Å². The first-order valence-electron chi connectivity index (χ1n) is 7.95. The molecule has 0 aliphatic heterocycles. The van der Waals surface area contributed by atoms with Gasteiger partial charge in [0.15, 0.2) is 5.13 Å². The van der Waals surface area contributed by atoms with Crippen molar-refractivity contribution >= 4 is 33.7 Å². The van der Waals surface area contributed by atoms with Crippen molar-refractivity contribution in [1.82, 2.24) is 9.97 Å². The Balaban J connectivity index is 1.66. The Bertz CT molecular complexity index is 858. The lowest BCUT2D eigenvalue weighted by Gasteiger charge is -2.09. The molecule has 3 aromatic rings. The number of carbonyl (C=O) groups is 1. The number of benzene rings is 1. The third-order valence-electron chi connectivity index (χ3n) is 3.68. The number of carbonyl (C=O) groups excluding carboxylic acids is 1. The van der Waals surface area contributed by atoms with Crippen molar-refractivity contribution in [3.63, 3.8) is 0 Å². The summed E-state index contributed by atoms with van der Waals surface area (Å²) in [4.78, 5) is 21.2. The Morgan fingerprint density at radius 1 is 1.28 bits per heavy atom. The fourth-order valence-corrected chi connectivity index (χ4v) is 4.32. The highest BCUT2D eigenvalue weighted by Crippen LogP contribution is 2.33. The van der Waals surface area contributed by atoms with E-state index in [0.29, 0.717) is 11.6 Å². The van der Waals surface area contributed by atoms with Gasteiger partial charge in [-0.3, -0.25) is 4.79 Å². The molecule has 0 saturated heterocycles. The van der Waals surface area contributed by atoms with Gasteiger partial charge in [-0.25, -0.2) is 9.97 Å². The number of anilines is 1. The molecule has 2 aromatic heterocycles. The van der Waals surface area contributed by atoms with Crippen molar-refractivity contribution in [2.45, 2.75) is 32.8 Å². The Hall–Kier alpha value is -2.09. The zero-order valence-corrected chi connectivity index (χ0v) is 15.7. The number of nitrogens with zero attached hydrogens (tertiary/aromatic N) is 2. The zero-order chi connectivity index (χ0) is 17.8. The standard InChI is InChI=1S/C18H19N3O2S2/c1-11-17(25-18(19-11)20-12(2)22)14-10-24-16(21-14)9-8-15(23)13-6-4-3-5-7-13/h3-7,10,15,23H,8-9H2,1-2H3,(H,19,20,22). The number of aliphatic hydroxyl groups is 1. The number of nitrogens with one attached hydrogen (secondary N) is 1. The van der Waals surface area contributed by atoms with E-state index in [1.807, 2.05) is 42.6 Å². The SMILES string of the molecule is CC(=O)Nc1nc(C)c(-c2csc(CCC(O)c3ccccc3)n2)s1. The van der Waals surface area contributed by atoms with E-state index in [1.165, 1.54) is 18.3 Å². The molecule has 0 aliphatic carbocycles. The number of amides is 1. The lowest BCUT2D eigenvalue weighted by Crippen LogP contribution is -2.04. The summed E-state index contributed by atoms with van der Waals surface area (Å²) in [6.07, 6.45) is 0.873. The second kappa shape index (κ2) is 7.86. The van der Waals surface area contributed by atoms with E-state index in [-0.39, 0.29) is 5.91 Å². The molecule has 25 heavy (non-hydrogen) atoms. The Kier molecular flexibility index (Phi) is 5.57. The molecular formula is C18H19N3O2S2. The summed E-state index contributed by atoms with van der Waals surface area (Å²) in [6.45, 7) is 3.38. The molecule has 130 valence electrons. The van der Waals surface area contributed by atoms with E-state index < -0.39 is 6.10 Å². The van der Waals surface area contributed by atoms with Crippen LogP contribution in [0.5, 0.6) is 0 Å². The number of hydrogen-bond acceptors (Lipinski definition) is 6. The monoisotopic (exact) mass is 373 g/mol. The molecule has 2 heterocycles. The van der Waals surface area contributed by atoms with Crippen molar-refractivity contribution in [3.05, 3.63) is 52.0 Å². The van der Waals surface area contributed by atoms with Gasteiger partial charge in [-0.1, -0.05) is 41.7 Å². The van der Waals surface area contributed by atoms with Crippen LogP contribution in [0.25, 0.3) is 10.6 Å². The van der Waals surface area contributed by atoms with Crippen molar-refractivity contribution in [1.29, 1.82) is 0 Å². The molecule has 0 aliphatic rings. The largest absolute Gasteiger partial charge is 0.388 e. The third-order valence-corrected chi connectivity index (χ3v) is 5.68. The second-order valence-electron chi connectivity index (χ2n) is 5.71. The predicted molar refractivity (Wildman–Crippen MR) is 102 cm³/mol. The van der Waals surface area contributed by atoms with E-state index in [9.17, 15) is 9.90 Å². The molecule has 0 fully saturated rings. The molecule has 1 amide bonds. The maximum Gasteiger partial charge on any atom is 0.223 e. The average Bonchev–Trinajstić information content (AvgIpc) is 3.19. The van der Waals surface area contributed by atoms with E-state index in [1.54, 1.807) is 11.3 Å². The average molecular weight is 374 g/mol. The smallest absolute Gasteiger partial charge is 0.223 e. The number of aryl methyl sites for hydroxylation is 2. The minimum Gasteiger partial charge on any atom is -0.388 e. The van der Waals surface area contributed by atoms with Gasteiger partial charge in [-0.2, -0.15) is 0 Å². The number of rotatable bonds is 6. The van der Waals surface area contributed by atoms with Crippen LogP contribution >= 0.6 is 22.7 Å². The first-order chi connectivity index (χ1) is 12.0. The van der Waals surface area contributed by atoms with Gasteiger partial charge in [-0.05, 0) is 18.9 Å². The predicted octanol–water partition coefficient (Wildman–Crippen LogP) is 4.20. The molecule has 5 nitrogen and oxygen atoms in total. The van der Waals surface area contributed by atoms with Gasteiger partial charge in [0.1, 0.15) is 0 Å². The van der Waals surface area contributed by atoms with E-state index >= 15 is 0 Å².